The summed E-state index contributed by atoms with van der Waals surface area (Å²) < 4.78 is 11.2. The van der Waals surface area contributed by atoms with Gasteiger partial charge in [0.2, 0.25) is 11.8 Å². The van der Waals surface area contributed by atoms with Crippen molar-refractivity contribution >= 4 is 11.8 Å². The molecule has 2 heterocycles. The Balaban J connectivity index is 1.67. The lowest BCUT2D eigenvalue weighted by Crippen LogP contribution is -2.43. The highest BCUT2D eigenvalue weighted by molar-refractivity contribution is 5.87. The van der Waals surface area contributed by atoms with Gasteiger partial charge in [-0.25, -0.2) is 0 Å². The van der Waals surface area contributed by atoms with E-state index in [1.54, 1.807) is 12.0 Å². The van der Waals surface area contributed by atoms with Crippen molar-refractivity contribution in [2.75, 3.05) is 26.8 Å². The van der Waals surface area contributed by atoms with Gasteiger partial charge in [0.1, 0.15) is 0 Å². The number of carbonyl (C=O) groups is 2. The summed E-state index contributed by atoms with van der Waals surface area (Å²) in [6.07, 6.45) is 3.42. The number of fused-ring (bicyclic) bond motifs is 1. The fourth-order valence-corrected chi connectivity index (χ4v) is 3.70. The smallest absolute Gasteiger partial charge is 0.245 e. The third-order valence-electron chi connectivity index (χ3n) is 5.14. The molecule has 0 spiro atoms. The number of likely N-dealkylation sites (tertiary alicyclic amines) is 1. The number of carbonyl (C=O) groups excluding carboxylic acids is 2. The minimum absolute atomic E-state index is 0.0500. The van der Waals surface area contributed by atoms with Gasteiger partial charge in [-0.3, -0.25) is 9.59 Å². The van der Waals surface area contributed by atoms with Crippen LogP contribution in [0, 0.1) is 12.8 Å². The molecule has 1 N–H and O–H groups in total. The number of amides is 2. The van der Waals surface area contributed by atoms with Crippen LogP contribution in [-0.2, 0) is 9.59 Å². The Morgan fingerprint density at radius 2 is 2.04 bits per heavy atom. The lowest BCUT2D eigenvalue weighted by atomic mass is 9.93. The molecule has 0 aliphatic carbocycles. The maximum atomic E-state index is 12.8. The lowest BCUT2D eigenvalue weighted by Gasteiger charge is -2.33. The number of benzene rings is 1. The highest BCUT2D eigenvalue weighted by Gasteiger charge is 2.31. The first kappa shape index (κ1) is 18.3. The molecule has 0 saturated carbocycles. The Bertz CT molecular complexity index is 708. The number of nitrogens with one attached hydrogen (secondary N) is 1. The van der Waals surface area contributed by atoms with E-state index in [2.05, 4.69) is 11.9 Å². The van der Waals surface area contributed by atoms with Crippen molar-refractivity contribution < 1.29 is 19.1 Å². The molecule has 1 unspecified atom stereocenters. The molecular formula is C20H26N2O4. The molecule has 6 nitrogen and oxygen atoms in total. The van der Waals surface area contributed by atoms with Crippen LogP contribution >= 0.6 is 0 Å². The SMILES string of the molecule is C=CC(=O)N1CCC(C(=O)NC2CCOc3c(OC)cc(C)cc32)CC1. The molecule has 2 aliphatic rings. The summed E-state index contributed by atoms with van der Waals surface area (Å²) in [4.78, 5) is 26.2. The zero-order chi connectivity index (χ0) is 18.7. The Hall–Kier alpha value is -2.50. The van der Waals surface area contributed by atoms with Gasteiger partial charge in [-0.05, 0) is 37.5 Å². The van der Waals surface area contributed by atoms with Crippen LogP contribution in [0.25, 0.3) is 0 Å². The molecular weight excluding hydrogens is 332 g/mol. The maximum absolute atomic E-state index is 12.8. The number of rotatable bonds is 4. The molecule has 2 amide bonds. The van der Waals surface area contributed by atoms with Crippen LogP contribution in [0.15, 0.2) is 24.8 Å². The van der Waals surface area contributed by atoms with Gasteiger partial charge in [-0.15, -0.1) is 0 Å². The third-order valence-corrected chi connectivity index (χ3v) is 5.14. The standard InChI is InChI=1S/C20H26N2O4/c1-4-18(23)22-8-5-14(6-9-22)20(24)21-16-7-10-26-19-15(16)11-13(2)12-17(19)25-3/h4,11-12,14,16H,1,5-10H2,2-3H3,(H,21,24). The minimum atomic E-state index is -0.0760. The average Bonchev–Trinajstić information content (AvgIpc) is 2.67. The van der Waals surface area contributed by atoms with E-state index < -0.39 is 0 Å². The number of hydrogen-bond donors (Lipinski definition) is 1. The number of piperidine rings is 1. The second-order valence-electron chi connectivity index (χ2n) is 6.89. The Kier molecular flexibility index (Phi) is 5.49. The van der Waals surface area contributed by atoms with Crippen LogP contribution in [0.3, 0.4) is 0 Å². The van der Waals surface area contributed by atoms with Crippen molar-refractivity contribution in [3.8, 4) is 11.5 Å². The monoisotopic (exact) mass is 358 g/mol. The Morgan fingerprint density at radius 1 is 1.31 bits per heavy atom. The van der Waals surface area contributed by atoms with Crippen molar-refractivity contribution in [2.45, 2.75) is 32.2 Å². The van der Waals surface area contributed by atoms with Gasteiger partial charge in [0, 0.05) is 31.0 Å². The van der Waals surface area contributed by atoms with Crippen molar-refractivity contribution in [1.82, 2.24) is 10.2 Å². The molecule has 1 atom stereocenters. The predicted molar refractivity (Wildman–Crippen MR) is 98.2 cm³/mol. The number of ether oxygens (including phenoxy) is 2. The average molecular weight is 358 g/mol. The van der Waals surface area contributed by atoms with Crippen LogP contribution in [0.2, 0.25) is 0 Å². The normalized spacial score (nSPS) is 19.9. The molecule has 0 bridgehead atoms. The summed E-state index contributed by atoms with van der Waals surface area (Å²) in [5.74, 6) is 1.34. The van der Waals surface area contributed by atoms with E-state index in [-0.39, 0.29) is 23.8 Å². The van der Waals surface area contributed by atoms with Gasteiger partial charge in [-0.1, -0.05) is 12.6 Å². The van der Waals surface area contributed by atoms with E-state index in [9.17, 15) is 9.59 Å². The molecule has 2 aliphatic heterocycles. The van der Waals surface area contributed by atoms with Gasteiger partial charge in [-0.2, -0.15) is 0 Å². The van der Waals surface area contributed by atoms with Crippen LogP contribution < -0.4 is 14.8 Å². The summed E-state index contributed by atoms with van der Waals surface area (Å²) in [6, 6.07) is 3.91. The van der Waals surface area contributed by atoms with Crippen LogP contribution in [0.5, 0.6) is 11.5 Å². The van der Waals surface area contributed by atoms with Crippen molar-refractivity contribution in [3.05, 3.63) is 35.9 Å². The number of methoxy groups -OCH3 is 1. The first-order valence-electron chi connectivity index (χ1n) is 9.06. The van der Waals surface area contributed by atoms with E-state index in [4.69, 9.17) is 9.47 Å². The van der Waals surface area contributed by atoms with Crippen LogP contribution in [-0.4, -0.2) is 43.5 Å². The lowest BCUT2D eigenvalue weighted by molar-refractivity contribution is -0.132. The van der Waals surface area contributed by atoms with Crippen molar-refractivity contribution in [3.63, 3.8) is 0 Å². The van der Waals surface area contributed by atoms with E-state index in [1.807, 2.05) is 19.1 Å². The fraction of sp³-hybridized carbons (Fsp3) is 0.500. The summed E-state index contributed by atoms with van der Waals surface area (Å²) in [6.45, 7) is 7.26. The largest absolute Gasteiger partial charge is 0.493 e. The molecule has 0 radical (unpaired) electrons. The van der Waals surface area contributed by atoms with Crippen molar-refractivity contribution in [1.29, 1.82) is 0 Å². The number of nitrogens with zero attached hydrogens (tertiary/aromatic N) is 1. The highest BCUT2D eigenvalue weighted by atomic mass is 16.5. The first-order chi connectivity index (χ1) is 12.5. The maximum Gasteiger partial charge on any atom is 0.245 e. The van der Waals surface area contributed by atoms with Gasteiger partial charge in [0.15, 0.2) is 11.5 Å². The van der Waals surface area contributed by atoms with E-state index in [1.165, 1.54) is 6.08 Å². The summed E-state index contributed by atoms with van der Waals surface area (Å²) in [5.41, 5.74) is 2.04. The Labute approximate surface area is 154 Å². The van der Waals surface area contributed by atoms with Gasteiger partial charge in [0.05, 0.1) is 19.8 Å². The molecule has 1 aromatic rings. The molecule has 6 heteroatoms. The van der Waals surface area contributed by atoms with Crippen molar-refractivity contribution in [2.24, 2.45) is 5.92 Å². The molecule has 1 saturated heterocycles. The van der Waals surface area contributed by atoms with E-state index in [0.717, 1.165) is 23.3 Å². The fourth-order valence-electron chi connectivity index (χ4n) is 3.70. The van der Waals surface area contributed by atoms with Gasteiger partial charge in [0.25, 0.3) is 0 Å². The third kappa shape index (κ3) is 3.69. The zero-order valence-electron chi connectivity index (χ0n) is 15.4. The Morgan fingerprint density at radius 3 is 2.69 bits per heavy atom. The molecule has 26 heavy (non-hydrogen) atoms. The first-order valence-corrected chi connectivity index (χ1v) is 9.06. The molecule has 1 aromatic carbocycles. The van der Waals surface area contributed by atoms with Crippen LogP contribution in [0.4, 0.5) is 0 Å². The quantitative estimate of drug-likeness (QED) is 0.839. The molecule has 140 valence electrons. The number of aryl methyl sites for hydroxylation is 1. The van der Waals surface area contributed by atoms with Gasteiger partial charge < -0.3 is 19.7 Å². The predicted octanol–water partition coefficient (Wildman–Crippen LogP) is 2.37. The van der Waals surface area contributed by atoms with Crippen LogP contribution in [0.1, 0.15) is 36.4 Å². The van der Waals surface area contributed by atoms with Gasteiger partial charge >= 0.3 is 0 Å². The molecule has 3 rings (SSSR count). The summed E-state index contributed by atoms with van der Waals surface area (Å²) in [5, 5.41) is 3.18. The highest BCUT2D eigenvalue weighted by Crippen LogP contribution is 2.40. The zero-order valence-corrected chi connectivity index (χ0v) is 15.4. The topological polar surface area (TPSA) is 67.9 Å². The summed E-state index contributed by atoms with van der Waals surface area (Å²) in [7, 11) is 1.62. The molecule has 1 fully saturated rings. The molecule has 0 aromatic heterocycles. The second kappa shape index (κ2) is 7.81. The minimum Gasteiger partial charge on any atom is -0.493 e. The second-order valence-corrected chi connectivity index (χ2v) is 6.89. The number of hydrogen-bond acceptors (Lipinski definition) is 4. The van der Waals surface area contributed by atoms with E-state index in [0.29, 0.717) is 38.3 Å². The summed E-state index contributed by atoms with van der Waals surface area (Å²) >= 11 is 0. The van der Waals surface area contributed by atoms with E-state index >= 15 is 0 Å².